The van der Waals surface area contributed by atoms with Crippen LogP contribution in [0.1, 0.15) is 10.5 Å². The van der Waals surface area contributed by atoms with Gasteiger partial charge in [0, 0.05) is 16.7 Å². The maximum absolute atomic E-state index is 11.3. The molecule has 5 nitrogen and oxygen atoms in total. The Morgan fingerprint density at radius 3 is 2.57 bits per heavy atom. The zero-order valence-corrected chi connectivity index (χ0v) is 13.0. The number of methoxy groups -OCH3 is 1. The van der Waals surface area contributed by atoms with Crippen molar-refractivity contribution in [3.8, 4) is 22.7 Å². The van der Waals surface area contributed by atoms with Gasteiger partial charge in [0.15, 0.2) is 5.69 Å². The lowest BCUT2D eigenvalue weighted by molar-refractivity contribution is 0.0690. The highest BCUT2D eigenvalue weighted by molar-refractivity contribution is 6.30. The molecule has 0 bridgehead atoms. The highest BCUT2D eigenvalue weighted by Crippen LogP contribution is 2.27. The molecule has 0 aliphatic heterocycles. The van der Waals surface area contributed by atoms with Gasteiger partial charge in [-0.2, -0.15) is 5.10 Å². The molecule has 1 heterocycles. The van der Waals surface area contributed by atoms with E-state index in [9.17, 15) is 9.90 Å². The van der Waals surface area contributed by atoms with Crippen molar-refractivity contribution in [3.05, 3.63) is 65.3 Å². The summed E-state index contributed by atoms with van der Waals surface area (Å²) in [6, 6.07) is 15.9. The number of rotatable bonds is 4. The molecule has 3 rings (SSSR count). The third-order valence-corrected chi connectivity index (χ3v) is 3.62. The van der Waals surface area contributed by atoms with Crippen molar-refractivity contribution >= 4 is 17.6 Å². The van der Waals surface area contributed by atoms with Crippen LogP contribution in [0.5, 0.6) is 5.75 Å². The van der Waals surface area contributed by atoms with Crippen LogP contribution in [0.25, 0.3) is 16.9 Å². The fraction of sp³-hybridized carbons (Fsp3) is 0.0588. The van der Waals surface area contributed by atoms with Crippen LogP contribution in [0.3, 0.4) is 0 Å². The predicted molar refractivity (Wildman–Crippen MR) is 87.5 cm³/mol. The molecule has 0 saturated heterocycles. The maximum atomic E-state index is 11.3. The number of carbonyl (C=O) groups is 1. The largest absolute Gasteiger partial charge is 0.497 e. The molecule has 1 aromatic heterocycles. The molecule has 0 radical (unpaired) electrons. The van der Waals surface area contributed by atoms with Gasteiger partial charge in [0.05, 0.1) is 18.5 Å². The summed E-state index contributed by atoms with van der Waals surface area (Å²) in [5, 5.41) is 14.0. The van der Waals surface area contributed by atoms with Crippen LogP contribution < -0.4 is 4.74 Å². The lowest BCUT2D eigenvalue weighted by Crippen LogP contribution is -2.02. The molecular formula is C17H13ClN2O3. The van der Waals surface area contributed by atoms with E-state index >= 15 is 0 Å². The van der Waals surface area contributed by atoms with E-state index in [0.717, 1.165) is 5.56 Å². The monoisotopic (exact) mass is 328 g/mol. The van der Waals surface area contributed by atoms with Gasteiger partial charge in [0.25, 0.3) is 0 Å². The van der Waals surface area contributed by atoms with Crippen molar-refractivity contribution in [1.29, 1.82) is 0 Å². The summed E-state index contributed by atoms with van der Waals surface area (Å²) in [6.07, 6.45) is 0. The SMILES string of the molecule is COc1cccc(-n2nc(C(=O)O)cc2-c2ccc(Cl)cc2)c1. The van der Waals surface area contributed by atoms with Crippen molar-refractivity contribution in [1.82, 2.24) is 9.78 Å². The number of carboxylic acids is 1. The highest BCUT2D eigenvalue weighted by atomic mass is 35.5. The molecule has 0 spiro atoms. The average Bonchev–Trinajstić information content (AvgIpc) is 3.01. The molecule has 23 heavy (non-hydrogen) atoms. The summed E-state index contributed by atoms with van der Waals surface area (Å²) < 4.78 is 6.80. The molecule has 0 aliphatic carbocycles. The number of benzene rings is 2. The molecule has 116 valence electrons. The minimum absolute atomic E-state index is 0.0298. The van der Waals surface area contributed by atoms with Gasteiger partial charge in [-0.3, -0.25) is 0 Å². The summed E-state index contributed by atoms with van der Waals surface area (Å²) in [4.78, 5) is 11.3. The van der Waals surface area contributed by atoms with E-state index in [1.165, 1.54) is 6.07 Å². The zero-order valence-electron chi connectivity index (χ0n) is 12.2. The molecule has 0 saturated carbocycles. The number of ether oxygens (including phenoxy) is 1. The Labute approximate surface area is 137 Å². The minimum atomic E-state index is -1.08. The first-order valence-corrected chi connectivity index (χ1v) is 7.20. The molecule has 0 unspecified atom stereocenters. The van der Waals surface area contributed by atoms with Crippen molar-refractivity contribution in [2.75, 3.05) is 7.11 Å². The summed E-state index contributed by atoms with van der Waals surface area (Å²) in [5.74, 6) is -0.418. The number of halogens is 1. The highest BCUT2D eigenvalue weighted by Gasteiger charge is 2.16. The minimum Gasteiger partial charge on any atom is -0.497 e. The van der Waals surface area contributed by atoms with E-state index < -0.39 is 5.97 Å². The zero-order chi connectivity index (χ0) is 16.4. The first-order valence-electron chi connectivity index (χ1n) is 6.82. The van der Waals surface area contributed by atoms with Gasteiger partial charge < -0.3 is 9.84 Å². The molecule has 0 amide bonds. The van der Waals surface area contributed by atoms with Crippen molar-refractivity contribution in [2.45, 2.75) is 0 Å². The number of hydrogen-bond donors (Lipinski definition) is 1. The van der Waals surface area contributed by atoms with Crippen LogP contribution >= 0.6 is 11.6 Å². The Kier molecular flexibility index (Phi) is 4.04. The molecule has 2 aromatic carbocycles. The molecule has 0 atom stereocenters. The van der Waals surface area contributed by atoms with Crippen molar-refractivity contribution < 1.29 is 14.6 Å². The van der Waals surface area contributed by atoms with E-state index in [1.54, 1.807) is 30.0 Å². The van der Waals surface area contributed by atoms with E-state index in [4.69, 9.17) is 16.3 Å². The van der Waals surface area contributed by atoms with Gasteiger partial charge in [0.1, 0.15) is 5.75 Å². The maximum Gasteiger partial charge on any atom is 0.356 e. The van der Waals surface area contributed by atoms with Gasteiger partial charge >= 0.3 is 5.97 Å². The number of aromatic carboxylic acids is 1. The molecule has 0 fully saturated rings. The Hall–Kier alpha value is -2.79. The number of nitrogens with zero attached hydrogens (tertiary/aromatic N) is 2. The average molecular weight is 329 g/mol. The second kappa shape index (κ2) is 6.14. The second-order valence-corrected chi connectivity index (χ2v) is 5.28. The van der Waals surface area contributed by atoms with E-state index in [1.807, 2.05) is 30.3 Å². The van der Waals surface area contributed by atoms with E-state index in [0.29, 0.717) is 22.2 Å². The van der Waals surface area contributed by atoms with Gasteiger partial charge in [-0.15, -0.1) is 0 Å². The predicted octanol–water partition coefficient (Wildman–Crippen LogP) is 3.90. The van der Waals surface area contributed by atoms with Gasteiger partial charge in [-0.1, -0.05) is 29.8 Å². The molecular weight excluding hydrogens is 316 g/mol. The quantitative estimate of drug-likeness (QED) is 0.789. The van der Waals surface area contributed by atoms with Gasteiger partial charge in [0.2, 0.25) is 0 Å². The lowest BCUT2D eigenvalue weighted by atomic mass is 10.1. The number of aromatic nitrogens is 2. The van der Waals surface area contributed by atoms with Crippen molar-refractivity contribution in [3.63, 3.8) is 0 Å². The topological polar surface area (TPSA) is 64.4 Å². The third-order valence-electron chi connectivity index (χ3n) is 3.37. The normalized spacial score (nSPS) is 10.5. The Bertz CT molecular complexity index is 857. The molecule has 6 heteroatoms. The summed E-state index contributed by atoms with van der Waals surface area (Å²) in [5.41, 5.74) is 2.16. The molecule has 0 aliphatic rings. The number of carboxylic acid groups (broad SMARTS) is 1. The van der Waals surface area contributed by atoms with Crippen LogP contribution in [0, 0.1) is 0 Å². The lowest BCUT2D eigenvalue weighted by Gasteiger charge is -2.09. The van der Waals surface area contributed by atoms with Crippen LogP contribution in [0.15, 0.2) is 54.6 Å². The van der Waals surface area contributed by atoms with Gasteiger partial charge in [-0.25, -0.2) is 9.48 Å². The standard InChI is InChI=1S/C17H13ClN2O3/c1-23-14-4-2-3-13(9-14)20-16(10-15(19-20)17(21)22)11-5-7-12(18)8-6-11/h2-10H,1H3,(H,21,22). The third kappa shape index (κ3) is 3.05. The van der Waals surface area contributed by atoms with Crippen LogP contribution in [0.4, 0.5) is 0 Å². The van der Waals surface area contributed by atoms with Crippen molar-refractivity contribution in [2.24, 2.45) is 0 Å². The Morgan fingerprint density at radius 1 is 1.17 bits per heavy atom. The second-order valence-electron chi connectivity index (χ2n) is 4.84. The summed E-state index contributed by atoms with van der Waals surface area (Å²) >= 11 is 5.92. The fourth-order valence-corrected chi connectivity index (χ4v) is 2.38. The number of hydrogen-bond acceptors (Lipinski definition) is 3. The molecule has 3 aromatic rings. The van der Waals surface area contributed by atoms with Crippen LogP contribution in [0.2, 0.25) is 5.02 Å². The van der Waals surface area contributed by atoms with Gasteiger partial charge in [-0.05, 0) is 30.3 Å². The first-order chi connectivity index (χ1) is 11.1. The van der Waals surface area contributed by atoms with E-state index in [-0.39, 0.29) is 5.69 Å². The van der Waals surface area contributed by atoms with Crippen LogP contribution in [-0.2, 0) is 0 Å². The summed E-state index contributed by atoms with van der Waals surface area (Å²) in [6.45, 7) is 0. The smallest absolute Gasteiger partial charge is 0.356 e. The van der Waals surface area contributed by atoms with E-state index in [2.05, 4.69) is 5.10 Å². The first kappa shape index (κ1) is 15.1. The summed E-state index contributed by atoms with van der Waals surface area (Å²) in [7, 11) is 1.57. The Balaban J connectivity index is 2.18. The molecule has 1 N–H and O–H groups in total. The fourth-order valence-electron chi connectivity index (χ4n) is 2.25. The Morgan fingerprint density at radius 2 is 1.91 bits per heavy atom. The van der Waals surface area contributed by atoms with Crippen LogP contribution in [-0.4, -0.2) is 28.0 Å².